The highest BCUT2D eigenvalue weighted by molar-refractivity contribution is 5.81. The molecule has 1 atom stereocenters. The van der Waals surface area contributed by atoms with Crippen LogP contribution in [0.4, 0.5) is 0 Å². The van der Waals surface area contributed by atoms with Crippen molar-refractivity contribution in [1.82, 2.24) is 5.32 Å². The molecule has 23 heavy (non-hydrogen) atoms. The van der Waals surface area contributed by atoms with Crippen LogP contribution in [0, 0.1) is 6.92 Å². The molecule has 2 aromatic carbocycles. The van der Waals surface area contributed by atoms with Crippen LogP contribution >= 0.6 is 0 Å². The van der Waals surface area contributed by atoms with Crippen molar-refractivity contribution < 1.29 is 19.0 Å². The Bertz CT molecular complexity index is 686. The maximum Gasteiger partial charge on any atom is 0.264 e. The van der Waals surface area contributed by atoms with Gasteiger partial charge in [-0.25, -0.2) is 0 Å². The average Bonchev–Trinajstić information content (AvgIpc) is 2.58. The number of fused-ring (bicyclic) bond motifs is 1. The fourth-order valence-electron chi connectivity index (χ4n) is 2.31. The summed E-state index contributed by atoms with van der Waals surface area (Å²) in [6.07, 6.45) is -0.635. The summed E-state index contributed by atoms with van der Waals surface area (Å²) in [5.41, 5.74) is 1.14. The van der Waals surface area contributed by atoms with Crippen LogP contribution in [0.25, 0.3) is 0 Å². The first kappa shape index (κ1) is 15.2. The summed E-state index contributed by atoms with van der Waals surface area (Å²) < 4.78 is 16.8. The smallest absolute Gasteiger partial charge is 0.264 e. The molecule has 1 aliphatic rings. The minimum atomic E-state index is -0.635. The minimum absolute atomic E-state index is 0.202. The summed E-state index contributed by atoms with van der Waals surface area (Å²) >= 11 is 0. The molecular weight excluding hydrogens is 294 g/mol. The lowest BCUT2D eigenvalue weighted by atomic mass is 10.2. The number of nitrogens with one attached hydrogen (secondary N) is 1. The van der Waals surface area contributed by atoms with E-state index in [1.165, 1.54) is 0 Å². The number of amides is 1. The van der Waals surface area contributed by atoms with Gasteiger partial charge in [0.15, 0.2) is 11.5 Å². The van der Waals surface area contributed by atoms with E-state index >= 15 is 0 Å². The Balaban J connectivity index is 1.43. The molecular formula is C18H19NO4. The Morgan fingerprint density at radius 1 is 1.22 bits per heavy atom. The highest BCUT2D eigenvalue weighted by atomic mass is 16.6. The molecule has 0 aliphatic carbocycles. The summed E-state index contributed by atoms with van der Waals surface area (Å²) in [5, 5.41) is 2.80. The van der Waals surface area contributed by atoms with Crippen molar-refractivity contribution in [3.05, 3.63) is 54.1 Å². The van der Waals surface area contributed by atoms with Crippen LogP contribution in [-0.4, -0.2) is 31.8 Å². The van der Waals surface area contributed by atoms with Crippen molar-refractivity contribution in [2.24, 2.45) is 0 Å². The Labute approximate surface area is 135 Å². The summed E-state index contributed by atoms with van der Waals surface area (Å²) in [5.74, 6) is 1.85. The summed E-state index contributed by atoms with van der Waals surface area (Å²) in [7, 11) is 0. The second-order valence-electron chi connectivity index (χ2n) is 5.32. The second kappa shape index (κ2) is 7.05. The predicted octanol–water partition coefficient (Wildman–Crippen LogP) is 2.33. The van der Waals surface area contributed by atoms with Gasteiger partial charge in [-0.1, -0.05) is 24.3 Å². The Kier molecular flexibility index (Phi) is 4.66. The molecule has 2 aromatic rings. The van der Waals surface area contributed by atoms with Crippen molar-refractivity contribution in [2.75, 3.05) is 19.8 Å². The van der Waals surface area contributed by atoms with E-state index in [9.17, 15) is 4.79 Å². The van der Waals surface area contributed by atoms with E-state index in [0.29, 0.717) is 24.7 Å². The quantitative estimate of drug-likeness (QED) is 0.861. The van der Waals surface area contributed by atoms with Gasteiger partial charge in [0.25, 0.3) is 5.91 Å². The Hall–Kier alpha value is -2.69. The van der Waals surface area contributed by atoms with E-state index in [1.807, 2.05) is 49.4 Å². The third-order valence-corrected chi connectivity index (χ3v) is 3.46. The number of aryl methyl sites for hydroxylation is 1. The maximum atomic E-state index is 12.1. The zero-order chi connectivity index (χ0) is 16.1. The van der Waals surface area contributed by atoms with Crippen molar-refractivity contribution >= 4 is 5.91 Å². The molecule has 0 unspecified atom stereocenters. The van der Waals surface area contributed by atoms with Crippen LogP contribution in [0.5, 0.6) is 17.2 Å². The number of carbonyl (C=O) groups excluding carboxylic acids is 1. The number of ether oxygens (including phenoxy) is 3. The number of hydrogen-bond acceptors (Lipinski definition) is 4. The van der Waals surface area contributed by atoms with Gasteiger partial charge in [-0.3, -0.25) is 4.79 Å². The largest absolute Gasteiger partial charge is 0.492 e. The molecule has 0 bridgehead atoms. The predicted molar refractivity (Wildman–Crippen MR) is 86.0 cm³/mol. The highest BCUT2D eigenvalue weighted by Crippen LogP contribution is 2.30. The molecule has 5 nitrogen and oxygen atoms in total. The van der Waals surface area contributed by atoms with Crippen molar-refractivity contribution in [1.29, 1.82) is 0 Å². The fraction of sp³-hybridized carbons (Fsp3) is 0.278. The molecule has 0 spiro atoms. The third-order valence-electron chi connectivity index (χ3n) is 3.46. The molecule has 1 heterocycles. The molecule has 1 aliphatic heterocycles. The van der Waals surface area contributed by atoms with Crippen molar-refractivity contribution in [2.45, 2.75) is 13.0 Å². The number of carbonyl (C=O) groups is 1. The fourth-order valence-corrected chi connectivity index (χ4v) is 2.31. The van der Waals surface area contributed by atoms with Gasteiger partial charge in [-0.15, -0.1) is 0 Å². The van der Waals surface area contributed by atoms with Crippen LogP contribution in [-0.2, 0) is 4.79 Å². The number of rotatable bonds is 5. The molecule has 0 saturated carbocycles. The zero-order valence-corrected chi connectivity index (χ0v) is 13.0. The summed E-state index contributed by atoms with van der Waals surface area (Å²) in [6, 6.07) is 15.1. The molecule has 1 N–H and O–H groups in total. The van der Waals surface area contributed by atoms with Crippen LogP contribution in [0.15, 0.2) is 48.5 Å². The molecule has 0 fully saturated rings. The van der Waals surface area contributed by atoms with E-state index in [0.717, 1.165) is 11.3 Å². The topological polar surface area (TPSA) is 56.8 Å². The molecule has 1 amide bonds. The monoisotopic (exact) mass is 313 g/mol. The second-order valence-corrected chi connectivity index (χ2v) is 5.32. The van der Waals surface area contributed by atoms with E-state index in [4.69, 9.17) is 14.2 Å². The maximum absolute atomic E-state index is 12.1. The Morgan fingerprint density at radius 2 is 2.04 bits per heavy atom. The van der Waals surface area contributed by atoms with E-state index < -0.39 is 6.10 Å². The van der Waals surface area contributed by atoms with Crippen LogP contribution < -0.4 is 19.5 Å². The van der Waals surface area contributed by atoms with Gasteiger partial charge in [0, 0.05) is 0 Å². The summed E-state index contributed by atoms with van der Waals surface area (Å²) in [6.45, 7) is 3.03. The average molecular weight is 313 g/mol. The molecule has 3 rings (SSSR count). The number of para-hydroxylation sites is 2. The normalized spacial score (nSPS) is 15.8. The van der Waals surface area contributed by atoms with Crippen LogP contribution in [0.3, 0.4) is 0 Å². The first-order valence-electron chi connectivity index (χ1n) is 7.58. The van der Waals surface area contributed by atoms with Crippen molar-refractivity contribution in [3.63, 3.8) is 0 Å². The van der Waals surface area contributed by atoms with E-state index in [-0.39, 0.29) is 12.5 Å². The van der Waals surface area contributed by atoms with Gasteiger partial charge >= 0.3 is 0 Å². The lowest BCUT2D eigenvalue weighted by molar-refractivity contribution is -0.130. The van der Waals surface area contributed by atoms with Gasteiger partial charge in [0.2, 0.25) is 6.10 Å². The number of benzene rings is 2. The first-order valence-corrected chi connectivity index (χ1v) is 7.58. The minimum Gasteiger partial charge on any atom is -0.492 e. The van der Waals surface area contributed by atoms with E-state index in [1.54, 1.807) is 6.07 Å². The van der Waals surface area contributed by atoms with Crippen molar-refractivity contribution in [3.8, 4) is 17.2 Å². The molecule has 0 radical (unpaired) electrons. The molecule has 0 saturated heterocycles. The molecule has 5 heteroatoms. The van der Waals surface area contributed by atoms with Gasteiger partial charge in [0.05, 0.1) is 6.54 Å². The first-order chi connectivity index (χ1) is 11.2. The van der Waals surface area contributed by atoms with Gasteiger partial charge in [0.1, 0.15) is 19.0 Å². The molecule has 120 valence electrons. The van der Waals surface area contributed by atoms with Gasteiger partial charge in [-0.2, -0.15) is 0 Å². The SMILES string of the molecule is Cc1cccc(OCCNC(=O)[C@H]2COc3ccccc3O2)c1. The highest BCUT2D eigenvalue weighted by Gasteiger charge is 2.26. The molecule has 0 aromatic heterocycles. The standard InChI is InChI=1S/C18H19NO4/c1-13-5-4-6-14(11-13)21-10-9-19-18(20)17-12-22-15-7-2-3-8-16(15)23-17/h2-8,11,17H,9-10,12H2,1H3,(H,19,20)/t17-/m1/s1. The van der Waals surface area contributed by atoms with Crippen LogP contribution in [0.1, 0.15) is 5.56 Å². The van der Waals surface area contributed by atoms with E-state index in [2.05, 4.69) is 5.32 Å². The van der Waals surface area contributed by atoms with Crippen LogP contribution in [0.2, 0.25) is 0 Å². The lowest BCUT2D eigenvalue weighted by Gasteiger charge is -2.25. The lowest BCUT2D eigenvalue weighted by Crippen LogP contribution is -2.45. The summed E-state index contributed by atoms with van der Waals surface area (Å²) in [4.78, 5) is 12.1. The van der Waals surface area contributed by atoms with Gasteiger partial charge in [-0.05, 0) is 36.8 Å². The zero-order valence-electron chi connectivity index (χ0n) is 13.0. The van der Waals surface area contributed by atoms with Gasteiger partial charge < -0.3 is 19.5 Å². The third kappa shape index (κ3) is 3.94. The number of hydrogen-bond donors (Lipinski definition) is 1. The Morgan fingerprint density at radius 3 is 2.87 bits per heavy atom.